The van der Waals surface area contributed by atoms with E-state index in [4.69, 9.17) is 4.98 Å². The summed E-state index contributed by atoms with van der Waals surface area (Å²) in [5.74, 6) is -0.767. The van der Waals surface area contributed by atoms with Crippen LogP contribution in [0, 0.1) is 6.92 Å². The summed E-state index contributed by atoms with van der Waals surface area (Å²) in [5.41, 5.74) is 3.46. The Kier molecular flexibility index (Phi) is 4.60. The van der Waals surface area contributed by atoms with E-state index in [1.807, 2.05) is 43.3 Å². The van der Waals surface area contributed by atoms with Gasteiger partial charge in [-0.1, -0.05) is 54.7 Å². The average molecular weight is 435 g/mol. The number of rotatable bonds is 4. The first-order valence-electron chi connectivity index (χ1n) is 9.58. The number of thiazole rings is 1. The van der Waals surface area contributed by atoms with Crippen molar-refractivity contribution in [3.63, 3.8) is 0 Å². The van der Waals surface area contributed by atoms with Gasteiger partial charge in [-0.25, -0.2) is 4.98 Å². The molecule has 30 heavy (non-hydrogen) atoms. The van der Waals surface area contributed by atoms with E-state index in [1.54, 1.807) is 0 Å². The lowest BCUT2D eigenvalue weighted by atomic mass is 9.98. The fourth-order valence-corrected chi connectivity index (χ4v) is 5.39. The van der Waals surface area contributed by atoms with Gasteiger partial charge in [-0.3, -0.25) is 9.69 Å². The topological polar surface area (TPSA) is 79.2 Å². The number of nitrogens with zero attached hydrogens (tertiary/aromatic N) is 4. The monoisotopic (exact) mass is 434 g/mol. The summed E-state index contributed by atoms with van der Waals surface area (Å²) in [4.78, 5) is 19.4. The molecule has 2 aromatic heterocycles. The highest BCUT2D eigenvalue weighted by Gasteiger charge is 2.44. The van der Waals surface area contributed by atoms with Crippen molar-refractivity contribution in [2.45, 2.75) is 26.3 Å². The number of benzene rings is 2. The molecule has 1 N–H and O–H groups in total. The standard InChI is InChI=1S/C22H18N4O2S2/c1-3-13-8-10-14(11-9-13)18-17(20-23-15-6-4-5-7-16(15)30-20)19(27)21(28)26(18)22-25-24-12(2)29-22/h4-11,18,27H,3H2,1-2H3. The molecule has 150 valence electrons. The molecular weight excluding hydrogens is 416 g/mol. The third-order valence-corrected chi connectivity index (χ3v) is 7.07. The molecule has 6 nitrogen and oxygen atoms in total. The highest BCUT2D eigenvalue weighted by atomic mass is 32.1. The van der Waals surface area contributed by atoms with Crippen LogP contribution in [-0.4, -0.2) is 26.2 Å². The summed E-state index contributed by atoms with van der Waals surface area (Å²) in [6, 6.07) is 15.4. The first kappa shape index (κ1) is 18.9. The number of fused-ring (bicyclic) bond motifs is 1. The van der Waals surface area contributed by atoms with Gasteiger partial charge < -0.3 is 5.11 Å². The number of aliphatic hydroxyl groups is 1. The Morgan fingerprint density at radius 3 is 2.50 bits per heavy atom. The molecule has 1 amide bonds. The Hall–Kier alpha value is -3.10. The van der Waals surface area contributed by atoms with Crippen LogP contribution in [0.3, 0.4) is 0 Å². The van der Waals surface area contributed by atoms with Gasteiger partial charge >= 0.3 is 0 Å². The molecule has 1 unspecified atom stereocenters. The average Bonchev–Trinajstić information content (AvgIpc) is 3.44. The van der Waals surface area contributed by atoms with E-state index in [-0.39, 0.29) is 5.76 Å². The molecule has 2 aromatic carbocycles. The molecule has 0 aliphatic carbocycles. The van der Waals surface area contributed by atoms with Crippen molar-refractivity contribution in [2.24, 2.45) is 0 Å². The molecule has 0 fully saturated rings. The van der Waals surface area contributed by atoms with Crippen molar-refractivity contribution in [1.82, 2.24) is 15.2 Å². The van der Waals surface area contributed by atoms with Crippen LogP contribution in [-0.2, 0) is 11.2 Å². The molecule has 0 radical (unpaired) electrons. The van der Waals surface area contributed by atoms with Gasteiger partial charge in [0.1, 0.15) is 10.0 Å². The second-order valence-corrected chi connectivity index (χ2v) is 9.22. The van der Waals surface area contributed by atoms with Crippen molar-refractivity contribution in [3.8, 4) is 0 Å². The van der Waals surface area contributed by atoms with Crippen LogP contribution in [0.2, 0.25) is 0 Å². The molecule has 0 bridgehead atoms. The SMILES string of the molecule is CCc1ccc(C2C(c3nc4ccccc4s3)=C(O)C(=O)N2c2nnc(C)s2)cc1. The molecular formula is C22H18N4O2S2. The van der Waals surface area contributed by atoms with Crippen molar-refractivity contribution in [1.29, 1.82) is 0 Å². The van der Waals surface area contributed by atoms with Crippen molar-refractivity contribution in [3.05, 3.63) is 75.4 Å². The zero-order valence-corrected chi connectivity index (χ0v) is 18.0. The number of aliphatic hydroxyl groups excluding tert-OH is 1. The van der Waals surface area contributed by atoms with Crippen LogP contribution in [0.1, 0.15) is 34.1 Å². The van der Waals surface area contributed by atoms with Crippen LogP contribution in [0.25, 0.3) is 15.8 Å². The molecule has 3 heterocycles. The van der Waals surface area contributed by atoms with Gasteiger partial charge in [0.25, 0.3) is 5.91 Å². The summed E-state index contributed by atoms with van der Waals surface area (Å²) in [6.07, 6.45) is 0.926. The molecule has 4 aromatic rings. The van der Waals surface area contributed by atoms with Gasteiger partial charge in [-0.05, 0) is 36.6 Å². The van der Waals surface area contributed by atoms with Crippen molar-refractivity contribution in [2.75, 3.05) is 4.90 Å². The Balaban J connectivity index is 1.70. The first-order chi connectivity index (χ1) is 14.6. The molecule has 5 rings (SSSR count). The summed E-state index contributed by atoms with van der Waals surface area (Å²) < 4.78 is 1.01. The lowest BCUT2D eigenvalue weighted by Crippen LogP contribution is -2.30. The number of amides is 1. The number of aromatic nitrogens is 3. The van der Waals surface area contributed by atoms with E-state index in [1.165, 1.54) is 33.1 Å². The van der Waals surface area contributed by atoms with Gasteiger partial charge in [0.2, 0.25) is 5.13 Å². The second kappa shape index (κ2) is 7.30. The Morgan fingerprint density at radius 2 is 1.83 bits per heavy atom. The molecule has 1 atom stereocenters. The maximum atomic E-state index is 13.2. The summed E-state index contributed by atoms with van der Waals surface area (Å²) in [5, 5.41) is 21.0. The lowest BCUT2D eigenvalue weighted by molar-refractivity contribution is -0.117. The van der Waals surface area contributed by atoms with E-state index in [0.29, 0.717) is 15.7 Å². The number of hydrogen-bond donors (Lipinski definition) is 1. The Morgan fingerprint density at radius 1 is 1.07 bits per heavy atom. The number of aryl methyl sites for hydroxylation is 2. The van der Waals surface area contributed by atoms with Crippen molar-refractivity contribution >= 4 is 49.5 Å². The first-order valence-corrected chi connectivity index (χ1v) is 11.2. The van der Waals surface area contributed by atoms with Gasteiger partial charge in [0.15, 0.2) is 5.76 Å². The van der Waals surface area contributed by atoms with Crippen LogP contribution in [0.15, 0.2) is 54.3 Å². The quantitative estimate of drug-likeness (QED) is 0.485. The Labute approximate surface area is 181 Å². The molecule has 8 heteroatoms. The van der Waals surface area contributed by atoms with E-state index in [9.17, 15) is 9.90 Å². The predicted octanol–water partition coefficient (Wildman–Crippen LogP) is 5.08. The van der Waals surface area contributed by atoms with E-state index in [0.717, 1.165) is 27.2 Å². The van der Waals surface area contributed by atoms with Gasteiger partial charge in [0.05, 0.1) is 21.8 Å². The zero-order valence-electron chi connectivity index (χ0n) is 16.4. The minimum Gasteiger partial charge on any atom is -0.503 e. The lowest BCUT2D eigenvalue weighted by Gasteiger charge is -2.24. The normalized spacial score (nSPS) is 16.8. The van der Waals surface area contributed by atoms with E-state index < -0.39 is 11.9 Å². The van der Waals surface area contributed by atoms with Crippen molar-refractivity contribution < 1.29 is 9.90 Å². The fourth-order valence-electron chi connectivity index (χ4n) is 3.64. The summed E-state index contributed by atoms with van der Waals surface area (Å²) in [6.45, 7) is 3.94. The number of hydrogen-bond acceptors (Lipinski definition) is 7. The fraction of sp³-hybridized carbons (Fsp3) is 0.182. The third-order valence-electron chi connectivity index (χ3n) is 5.16. The van der Waals surface area contributed by atoms with Gasteiger partial charge in [0, 0.05) is 0 Å². The van der Waals surface area contributed by atoms with Crippen LogP contribution >= 0.6 is 22.7 Å². The third kappa shape index (κ3) is 3.00. The molecule has 0 saturated heterocycles. The number of para-hydroxylation sites is 1. The number of carbonyl (C=O) groups is 1. The Bertz CT molecular complexity index is 1260. The summed E-state index contributed by atoms with van der Waals surface area (Å²) >= 11 is 2.80. The summed E-state index contributed by atoms with van der Waals surface area (Å²) in [7, 11) is 0. The highest BCUT2D eigenvalue weighted by Crippen LogP contribution is 2.47. The van der Waals surface area contributed by atoms with Gasteiger partial charge in [-0.2, -0.15) is 0 Å². The maximum Gasteiger partial charge on any atom is 0.296 e. The highest BCUT2D eigenvalue weighted by molar-refractivity contribution is 7.19. The predicted molar refractivity (Wildman–Crippen MR) is 120 cm³/mol. The van der Waals surface area contributed by atoms with E-state index >= 15 is 0 Å². The van der Waals surface area contributed by atoms with Crippen LogP contribution in [0.4, 0.5) is 5.13 Å². The smallest absolute Gasteiger partial charge is 0.296 e. The molecule has 0 spiro atoms. The number of anilines is 1. The molecule has 1 aliphatic heterocycles. The van der Waals surface area contributed by atoms with Crippen LogP contribution in [0.5, 0.6) is 0 Å². The number of carbonyl (C=O) groups excluding carboxylic acids is 1. The molecule has 1 aliphatic rings. The maximum absolute atomic E-state index is 13.2. The largest absolute Gasteiger partial charge is 0.503 e. The van der Waals surface area contributed by atoms with Gasteiger partial charge in [-0.15, -0.1) is 21.5 Å². The second-order valence-electron chi connectivity index (χ2n) is 7.03. The molecule has 0 saturated carbocycles. The van der Waals surface area contributed by atoms with E-state index in [2.05, 4.69) is 29.3 Å². The minimum atomic E-state index is -0.517. The van der Waals surface area contributed by atoms with Crippen LogP contribution < -0.4 is 4.90 Å². The minimum absolute atomic E-state index is 0.286. The zero-order chi connectivity index (χ0) is 20.8.